The van der Waals surface area contributed by atoms with Crippen LogP contribution in [0.5, 0.6) is 0 Å². The van der Waals surface area contributed by atoms with E-state index in [1.165, 1.54) is 0 Å². The Morgan fingerprint density at radius 1 is 1.35 bits per heavy atom. The molecule has 1 aromatic carbocycles. The Bertz CT molecular complexity index is 491. The van der Waals surface area contributed by atoms with Crippen molar-refractivity contribution in [1.29, 1.82) is 0 Å². The van der Waals surface area contributed by atoms with Gasteiger partial charge in [0, 0.05) is 12.1 Å². The summed E-state index contributed by atoms with van der Waals surface area (Å²) in [4.78, 5) is 25.1. The standard InChI is InChI=1S/C13H13NO3/c15-12-9-5-2-1-4-8(9)11-10(13(16)17)6-3-7-14(11)12/h1-2,4-5,10-11H,3,6-7H2,(H,16,17). The first kappa shape index (κ1) is 10.3. The van der Waals surface area contributed by atoms with Crippen LogP contribution in [0.4, 0.5) is 0 Å². The summed E-state index contributed by atoms with van der Waals surface area (Å²) in [5.41, 5.74) is 1.55. The van der Waals surface area contributed by atoms with Gasteiger partial charge in [0.15, 0.2) is 0 Å². The Morgan fingerprint density at radius 3 is 2.88 bits per heavy atom. The van der Waals surface area contributed by atoms with Gasteiger partial charge in [-0.2, -0.15) is 0 Å². The molecule has 1 aromatic rings. The number of piperidine rings is 1. The zero-order chi connectivity index (χ0) is 12.0. The highest BCUT2D eigenvalue weighted by Gasteiger charge is 2.45. The van der Waals surface area contributed by atoms with E-state index in [0.717, 1.165) is 12.0 Å². The van der Waals surface area contributed by atoms with Gasteiger partial charge in [-0.3, -0.25) is 9.59 Å². The number of amides is 1. The number of nitrogens with zero attached hydrogens (tertiary/aromatic N) is 1. The smallest absolute Gasteiger partial charge is 0.308 e. The Labute approximate surface area is 98.9 Å². The summed E-state index contributed by atoms with van der Waals surface area (Å²) in [5, 5.41) is 9.26. The van der Waals surface area contributed by atoms with E-state index in [2.05, 4.69) is 0 Å². The Morgan fingerprint density at radius 2 is 2.12 bits per heavy atom. The van der Waals surface area contributed by atoms with Gasteiger partial charge in [0.25, 0.3) is 5.91 Å². The lowest BCUT2D eigenvalue weighted by Gasteiger charge is -2.34. The highest BCUT2D eigenvalue weighted by atomic mass is 16.4. The number of carboxylic acid groups (broad SMARTS) is 1. The largest absolute Gasteiger partial charge is 0.481 e. The fourth-order valence-corrected chi connectivity index (χ4v) is 2.97. The van der Waals surface area contributed by atoms with Crippen LogP contribution in [0.25, 0.3) is 0 Å². The molecular formula is C13H13NO3. The normalized spacial score (nSPS) is 26.6. The molecule has 0 saturated carbocycles. The van der Waals surface area contributed by atoms with Crippen LogP contribution in [-0.4, -0.2) is 28.4 Å². The summed E-state index contributed by atoms with van der Waals surface area (Å²) in [6, 6.07) is 7.09. The van der Waals surface area contributed by atoms with Crippen LogP contribution >= 0.6 is 0 Å². The highest BCUT2D eigenvalue weighted by Crippen LogP contribution is 2.43. The molecule has 2 atom stereocenters. The predicted octanol–water partition coefficient (Wildman–Crippen LogP) is 1.68. The molecule has 1 N–H and O–H groups in total. The van der Waals surface area contributed by atoms with Gasteiger partial charge in [0.05, 0.1) is 12.0 Å². The third-order valence-electron chi connectivity index (χ3n) is 3.72. The Hall–Kier alpha value is -1.84. The van der Waals surface area contributed by atoms with Crippen molar-refractivity contribution in [3.8, 4) is 0 Å². The minimum Gasteiger partial charge on any atom is -0.481 e. The van der Waals surface area contributed by atoms with E-state index in [-0.39, 0.29) is 11.9 Å². The second-order valence-electron chi connectivity index (χ2n) is 4.62. The van der Waals surface area contributed by atoms with Crippen molar-refractivity contribution in [3.05, 3.63) is 35.4 Å². The maximum Gasteiger partial charge on any atom is 0.308 e. The van der Waals surface area contributed by atoms with Crippen LogP contribution < -0.4 is 0 Å². The van der Waals surface area contributed by atoms with Gasteiger partial charge in [-0.1, -0.05) is 18.2 Å². The van der Waals surface area contributed by atoms with Crippen molar-refractivity contribution < 1.29 is 14.7 Å². The summed E-state index contributed by atoms with van der Waals surface area (Å²) in [6.45, 7) is 0.669. The number of hydrogen-bond donors (Lipinski definition) is 1. The summed E-state index contributed by atoms with van der Waals surface area (Å²) in [7, 11) is 0. The van der Waals surface area contributed by atoms with Crippen LogP contribution in [0.2, 0.25) is 0 Å². The molecule has 0 radical (unpaired) electrons. The van der Waals surface area contributed by atoms with Gasteiger partial charge in [0.2, 0.25) is 0 Å². The van der Waals surface area contributed by atoms with Gasteiger partial charge in [-0.25, -0.2) is 0 Å². The average molecular weight is 231 g/mol. The fraction of sp³-hybridized carbons (Fsp3) is 0.385. The Balaban J connectivity index is 2.10. The summed E-state index contributed by atoms with van der Waals surface area (Å²) in [6.07, 6.45) is 1.42. The average Bonchev–Trinajstić information content (AvgIpc) is 2.64. The molecule has 3 rings (SSSR count). The fourth-order valence-electron chi connectivity index (χ4n) is 2.97. The minimum absolute atomic E-state index is 0.0171. The zero-order valence-electron chi connectivity index (χ0n) is 9.30. The van der Waals surface area contributed by atoms with Gasteiger partial charge >= 0.3 is 5.97 Å². The number of rotatable bonds is 1. The molecule has 88 valence electrons. The molecule has 4 nitrogen and oxygen atoms in total. The second kappa shape index (κ2) is 3.58. The molecule has 17 heavy (non-hydrogen) atoms. The van der Waals surface area contributed by atoms with Crippen molar-refractivity contribution in [2.45, 2.75) is 18.9 Å². The molecule has 0 aromatic heterocycles. The molecule has 2 aliphatic rings. The highest BCUT2D eigenvalue weighted by molar-refractivity contribution is 6.00. The van der Waals surface area contributed by atoms with Crippen LogP contribution in [0, 0.1) is 5.92 Å². The van der Waals surface area contributed by atoms with Crippen LogP contribution in [0.3, 0.4) is 0 Å². The molecule has 0 spiro atoms. The molecule has 4 heteroatoms. The number of carbonyl (C=O) groups excluding carboxylic acids is 1. The van der Waals surface area contributed by atoms with E-state index in [0.29, 0.717) is 18.5 Å². The summed E-state index contributed by atoms with van der Waals surface area (Å²) in [5.74, 6) is -1.28. The first-order chi connectivity index (χ1) is 8.20. The van der Waals surface area contributed by atoms with Gasteiger partial charge in [-0.15, -0.1) is 0 Å². The molecule has 0 aliphatic carbocycles. The maximum atomic E-state index is 12.1. The molecule has 0 bridgehead atoms. The SMILES string of the molecule is O=C(O)C1CCCN2C(=O)c3ccccc3C12. The molecule has 2 unspecified atom stereocenters. The molecule has 2 aliphatic heterocycles. The van der Waals surface area contributed by atoms with Crippen molar-refractivity contribution >= 4 is 11.9 Å². The molecular weight excluding hydrogens is 218 g/mol. The van der Waals surface area contributed by atoms with E-state index in [1.807, 2.05) is 18.2 Å². The van der Waals surface area contributed by atoms with Gasteiger partial charge in [0.1, 0.15) is 0 Å². The van der Waals surface area contributed by atoms with E-state index in [1.54, 1.807) is 11.0 Å². The van der Waals surface area contributed by atoms with Crippen LogP contribution in [0.15, 0.2) is 24.3 Å². The Kier molecular flexibility index (Phi) is 2.18. The molecule has 2 heterocycles. The number of hydrogen-bond acceptors (Lipinski definition) is 2. The topological polar surface area (TPSA) is 57.6 Å². The number of benzene rings is 1. The number of carboxylic acids is 1. The number of carbonyl (C=O) groups is 2. The van der Waals surface area contributed by atoms with Gasteiger partial charge in [-0.05, 0) is 24.5 Å². The number of aliphatic carboxylic acids is 1. The predicted molar refractivity (Wildman–Crippen MR) is 60.6 cm³/mol. The molecule has 1 amide bonds. The second-order valence-corrected chi connectivity index (χ2v) is 4.62. The lowest BCUT2D eigenvalue weighted by atomic mass is 9.86. The summed E-state index contributed by atoms with van der Waals surface area (Å²) < 4.78 is 0. The number of fused-ring (bicyclic) bond motifs is 3. The zero-order valence-corrected chi connectivity index (χ0v) is 9.30. The van der Waals surface area contributed by atoms with Crippen LogP contribution in [0.1, 0.15) is 34.8 Å². The van der Waals surface area contributed by atoms with Crippen molar-refractivity contribution in [2.75, 3.05) is 6.54 Å². The monoisotopic (exact) mass is 231 g/mol. The van der Waals surface area contributed by atoms with E-state index in [4.69, 9.17) is 0 Å². The van der Waals surface area contributed by atoms with Crippen LogP contribution in [-0.2, 0) is 4.79 Å². The minimum atomic E-state index is -0.802. The third-order valence-corrected chi connectivity index (χ3v) is 3.72. The lowest BCUT2D eigenvalue weighted by Crippen LogP contribution is -2.40. The van der Waals surface area contributed by atoms with Gasteiger partial charge < -0.3 is 10.0 Å². The lowest BCUT2D eigenvalue weighted by molar-refractivity contribution is -0.145. The van der Waals surface area contributed by atoms with Crippen molar-refractivity contribution in [2.24, 2.45) is 5.92 Å². The quantitative estimate of drug-likeness (QED) is 0.800. The van der Waals surface area contributed by atoms with E-state index >= 15 is 0 Å². The summed E-state index contributed by atoms with van der Waals surface area (Å²) >= 11 is 0. The molecule has 1 fully saturated rings. The first-order valence-electron chi connectivity index (χ1n) is 5.83. The van der Waals surface area contributed by atoms with Crippen molar-refractivity contribution in [1.82, 2.24) is 4.90 Å². The van der Waals surface area contributed by atoms with Crippen molar-refractivity contribution in [3.63, 3.8) is 0 Å². The first-order valence-corrected chi connectivity index (χ1v) is 5.83. The van der Waals surface area contributed by atoms with E-state index < -0.39 is 11.9 Å². The maximum absolute atomic E-state index is 12.1. The third kappa shape index (κ3) is 1.37. The van der Waals surface area contributed by atoms with E-state index in [9.17, 15) is 14.7 Å². The molecule has 1 saturated heterocycles.